The maximum atomic E-state index is 12.6. The highest BCUT2D eigenvalue weighted by molar-refractivity contribution is 5.76. The summed E-state index contributed by atoms with van der Waals surface area (Å²) < 4.78 is 1.26. The van der Waals surface area contributed by atoms with Crippen LogP contribution in [0, 0.1) is 11.3 Å². The van der Waals surface area contributed by atoms with Gasteiger partial charge in [-0.3, -0.25) is 9.59 Å². The standard InChI is InChI=1S/C23H31N3O2/c1-23(2,3)18-10-7-11-19(13-12-18)24-21(27)16-26-22(28)15-14-20(25-26)17-8-5-4-6-9-17/h4-6,8-9,14-15,18-19H,7,10-13,16H2,1-3H3,(H,24,27)/t18-,19-/m1/s1. The Kier molecular flexibility index (Phi) is 6.32. The molecule has 2 atom stereocenters. The molecule has 1 aromatic carbocycles. The monoisotopic (exact) mass is 381 g/mol. The molecule has 1 aromatic heterocycles. The van der Waals surface area contributed by atoms with Crippen molar-refractivity contribution in [2.45, 2.75) is 65.5 Å². The third-order valence-electron chi connectivity index (χ3n) is 5.79. The van der Waals surface area contributed by atoms with Crippen molar-refractivity contribution in [3.63, 3.8) is 0 Å². The number of nitrogens with one attached hydrogen (secondary N) is 1. The van der Waals surface area contributed by atoms with Gasteiger partial charge in [0.1, 0.15) is 6.54 Å². The number of carbonyl (C=O) groups excluding carboxylic acids is 1. The predicted octanol–water partition coefficient (Wildman–Crippen LogP) is 4.02. The molecule has 1 aliphatic carbocycles. The van der Waals surface area contributed by atoms with E-state index < -0.39 is 0 Å². The van der Waals surface area contributed by atoms with Gasteiger partial charge in [0, 0.05) is 17.7 Å². The van der Waals surface area contributed by atoms with Gasteiger partial charge < -0.3 is 5.32 Å². The van der Waals surface area contributed by atoms with Gasteiger partial charge in [-0.15, -0.1) is 0 Å². The van der Waals surface area contributed by atoms with Crippen molar-refractivity contribution in [2.24, 2.45) is 11.3 Å². The molecule has 1 heterocycles. The number of amides is 1. The summed E-state index contributed by atoms with van der Waals surface area (Å²) in [6.07, 6.45) is 5.49. The molecular weight excluding hydrogens is 350 g/mol. The summed E-state index contributed by atoms with van der Waals surface area (Å²) in [5.41, 5.74) is 1.67. The summed E-state index contributed by atoms with van der Waals surface area (Å²) >= 11 is 0. The molecule has 28 heavy (non-hydrogen) atoms. The molecule has 0 spiro atoms. The van der Waals surface area contributed by atoms with Crippen molar-refractivity contribution in [1.82, 2.24) is 15.1 Å². The highest BCUT2D eigenvalue weighted by Crippen LogP contribution is 2.36. The largest absolute Gasteiger partial charge is 0.352 e. The van der Waals surface area contributed by atoms with Crippen molar-refractivity contribution >= 4 is 5.91 Å². The third kappa shape index (κ3) is 5.31. The minimum atomic E-state index is -0.261. The zero-order valence-electron chi connectivity index (χ0n) is 17.1. The highest BCUT2D eigenvalue weighted by atomic mass is 16.2. The molecular formula is C23H31N3O2. The first kappa shape index (κ1) is 20.3. The zero-order chi connectivity index (χ0) is 20.1. The smallest absolute Gasteiger partial charge is 0.267 e. The fraction of sp³-hybridized carbons (Fsp3) is 0.522. The Labute approximate surface area is 167 Å². The maximum absolute atomic E-state index is 12.6. The second kappa shape index (κ2) is 8.72. The van der Waals surface area contributed by atoms with Crippen LogP contribution in [0.25, 0.3) is 11.3 Å². The first-order chi connectivity index (χ1) is 13.3. The summed E-state index contributed by atoms with van der Waals surface area (Å²) in [4.78, 5) is 24.7. The Balaban J connectivity index is 1.63. The molecule has 2 aromatic rings. The number of carbonyl (C=O) groups is 1. The molecule has 1 fully saturated rings. The Morgan fingerprint density at radius 2 is 1.82 bits per heavy atom. The Hall–Kier alpha value is -2.43. The molecule has 5 heteroatoms. The highest BCUT2D eigenvalue weighted by Gasteiger charge is 2.28. The summed E-state index contributed by atoms with van der Waals surface area (Å²) in [7, 11) is 0. The number of nitrogens with zero attached hydrogens (tertiary/aromatic N) is 2. The SMILES string of the molecule is CC(C)(C)[C@@H]1CCC[C@@H](NC(=O)Cn2nc(-c3ccccc3)ccc2=O)CC1. The van der Waals surface area contributed by atoms with Gasteiger partial charge in [-0.05, 0) is 43.1 Å². The Morgan fingerprint density at radius 1 is 1.07 bits per heavy atom. The fourth-order valence-electron chi connectivity index (χ4n) is 4.05. The summed E-state index contributed by atoms with van der Waals surface area (Å²) in [5, 5.41) is 7.51. The average molecular weight is 382 g/mol. The van der Waals surface area contributed by atoms with Crippen LogP contribution in [0.1, 0.15) is 52.9 Å². The van der Waals surface area contributed by atoms with Gasteiger partial charge in [0.15, 0.2) is 0 Å². The van der Waals surface area contributed by atoms with E-state index in [2.05, 4.69) is 31.2 Å². The van der Waals surface area contributed by atoms with E-state index in [1.165, 1.54) is 17.2 Å². The number of hydrogen-bond donors (Lipinski definition) is 1. The topological polar surface area (TPSA) is 64.0 Å². The van der Waals surface area contributed by atoms with E-state index in [4.69, 9.17) is 0 Å². The van der Waals surface area contributed by atoms with Crippen LogP contribution in [0.5, 0.6) is 0 Å². The Bertz CT molecular complexity index is 852. The molecule has 0 bridgehead atoms. The van der Waals surface area contributed by atoms with Gasteiger partial charge in [0.25, 0.3) is 5.56 Å². The van der Waals surface area contributed by atoms with E-state index in [1.54, 1.807) is 6.07 Å². The lowest BCUT2D eigenvalue weighted by Gasteiger charge is -2.29. The van der Waals surface area contributed by atoms with Gasteiger partial charge >= 0.3 is 0 Å². The molecule has 0 unspecified atom stereocenters. The van der Waals surface area contributed by atoms with Crippen LogP contribution in [-0.4, -0.2) is 21.7 Å². The first-order valence-electron chi connectivity index (χ1n) is 10.3. The van der Waals surface area contributed by atoms with Gasteiger partial charge in [0.05, 0.1) is 5.69 Å². The van der Waals surface area contributed by atoms with Crippen molar-refractivity contribution in [1.29, 1.82) is 0 Å². The molecule has 5 nitrogen and oxygen atoms in total. The van der Waals surface area contributed by atoms with Gasteiger partial charge in [0.2, 0.25) is 5.91 Å². The van der Waals surface area contributed by atoms with Gasteiger partial charge in [-0.2, -0.15) is 5.10 Å². The number of aromatic nitrogens is 2. The molecule has 0 radical (unpaired) electrons. The molecule has 1 amide bonds. The summed E-state index contributed by atoms with van der Waals surface area (Å²) in [5.74, 6) is 0.556. The molecule has 1 aliphatic rings. The maximum Gasteiger partial charge on any atom is 0.267 e. The lowest BCUT2D eigenvalue weighted by Crippen LogP contribution is -2.39. The molecule has 0 aliphatic heterocycles. The third-order valence-corrected chi connectivity index (χ3v) is 5.79. The molecule has 1 N–H and O–H groups in total. The normalized spacial score (nSPS) is 20.4. The van der Waals surface area contributed by atoms with Crippen molar-refractivity contribution < 1.29 is 4.79 Å². The van der Waals surface area contributed by atoms with Gasteiger partial charge in [-0.25, -0.2) is 4.68 Å². The van der Waals surface area contributed by atoms with Gasteiger partial charge in [-0.1, -0.05) is 57.5 Å². The van der Waals surface area contributed by atoms with E-state index in [1.807, 2.05) is 30.3 Å². The fourth-order valence-corrected chi connectivity index (χ4v) is 4.05. The first-order valence-corrected chi connectivity index (χ1v) is 10.3. The van der Waals surface area contributed by atoms with Crippen molar-refractivity contribution in [2.75, 3.05) is 0 Å². The molecule has 150 valence electrons. The average Bonchev–Trinajstić information content (AvgIpc) is 2.90. The van der Waals surface area contributed by atoms with Crippen molar-refractivity contribution in [3.8, 4) is 11.3 Å². The second-order valence-corrected chi connectivity index (χ2v) is 8.92. The van der Waals surface area contributed by atoms with Crippen molar-refractivity contribution in [3.05, 3.63) is 52.8 Å². The minimum Gasteiger partial charge on any atom is -0.352 e. The predicted molar refractivity (Wildman–Crippen MR) is 112 cm³/mol. The molecule has 1 saturated carbocycles. The molecule has 3 rings (SSSR count). The van der Waals surface area contributed by atoms with Crippen LogP contribution in [0.4, 0.5) is 0 Å². The van der Waals surface area contributed by atoms with E-state index in [9.17, 15) is 9.59 Å². The molecule has 0 saturated heterocycles. The van der Waals surface area contributed by atoms with E-state index in [0.717, 1.165) is 31.2 Å². The zero-order valence-corrected chi connectivity index (χ0v) is 17.1. The van der Waals surface area contributed by atoms with E-state index in [0.29, 0.717) is 17.0 Å². The number of hydrogen-bond acceptors (Lipinski definition) is 3. The van der Waals surface area contributed by atoms with Crippen LogP contribution in [0.15, 0.2) is 47.3 Å². The van der Waals surface area contributed by atoms with Crippen LogP contribution in [-0.2, 0) is 11.3 Å². The lowest BCUT2D eigenvalue weighted by atomic mass is 9.76. The van der Waals surface area contributed by atoms with Crippen LogP contribution < -0.4 is 10.9 Å². The Morgan fingerprint density at radius 3 is 2.54 bits per heavy atom. The van der Waals surface area contributed by atoms with Crippen LogP contribution in [0.3, 0.4) is 0 Å². The van der Waals surface area contributed by atoms with Crippen LogP contribution >= 0.6 is 0 Å². The summed E-state index contributed by atoms with van der Waals surface area (Å²) in [6.45, 7) is 6.86. The lowest BCUT2D eigenvalue weighted by molar-refractivity contribution is -0.122. The second-order valence-electron chi connectivity index (χ2n) is 8.92. The number of benzene rings is 1. The summed E-state index contributed by atoms with van der Waals surface area (Å²) in [6, 6.07) is 13.0. The minimum absolute atomic E-state index is 0.0430. The van der Waals surface area contributed by atoms with E-state index in [-0.39, 0.29) is 24.1 Å². The van der Waals surface area contributed by atoms with E-state index >= 15 is 0 Å². The number of rotatable bonds is 4. The van der Waals surface area contributed by atoms with Crippen LogP contribution in [0.2, 0.25) is 0 Å². The quantitative estimate of drug-likeness (QED) is 0.814.